The maximum Gasteiger partial charge on any atom is 0.227 e. The van der Waals surface area contributed by atoms with Crippen LogP contribution in [-0.4, -0.2) is 26.4 Å². The highest BCUT2D eigenvalue weighted by molar-refractivity contribution is 7.99. The smallest absolute Gasteiger partial charge is 0.227 e. The number of furan rings is 1. The largest absolute Gasteiger partial charge is 0.469 e. The molecule has 6 nitrogen and oxygen atoms in total. The minimum Gasteiger partial charge on any atom is -0.469 e. The number of aryl methyl sites for hydroxylation is 2. The maximum atomic E-state index is 11.1. The molecular weight excluding hydrogens is 312 g/mol. The quantitative estimate of drug-likeness (QED) is 0.728. The first-order valence-corrected chi connectivity index (χ1v) is 8.03. The molecule has 0 bridgehead atoms. The van der Waals surface area contributed by atoms with Crippen LogP contribution in [0.3, 0.4) is 0 Å². The van der Waals surface area contributed by atoms with Gasteiger partial charge in [0.05, 0.1) is 17.6 Å². The molecule has 23 heavy (non-hydrogen) atoms. The van der Waals surface area contributed by atoms with Crippen LogP contribution in [0.1, 0.15) is 11.3 Å². The summed E-state index contributed by atoms with van der Waals surface area (Å²) in [6, 6.07) is 9.86. The average Bonchev–Trinajstić information content (AvgIpc) is 3.10. The van der Waals surface area contributed by atoms with Gasteiger partial charge in [-0.1, -0.05) is 23.9 Å². The SMILES string of the molecule is Cc1cccc(-n2c(SCC(N)=O)nnc2-c2ccoc2C)c1. The van der Waals surface area contributed by atoms with Gasteiger partial charge in [0.2, 0.25) is 5.91 Å². The first kappa shape index (κ1) is 15.4. The minimum absolute atomic E-state index is 0.147. The molecule has 0 unspecified atom stereocenters. The topological polar surface area (TPSA) is 86.9 Å². The van der Waals surface area contributed by atoms with E-state index in [0.29, 0.717) is 11.0 Å². The van der Waals surface area contributed by atoms with Gasteiger partial charge in [-0.15, -0.1) is 10.2 Å². The van der Waals surface area contributed by atoms with Crippen LogP contribution in [0.25, 0.3) is 17.1 Å². The Balaban J connectivity index is 2.14. The number of hydrogen-bond donors (Lipinski definition) is 1. The predicted octanol–water partition coefficient (Wildman–Crippen LogP) is 2.72. The van der Waals surface area contributed by atoms with Crippen molar-refractivity contribution < 1.29 is 9.21 Å². The van der Waals surface area contributed by atoms with Crippen molar-refractivity contribution in [2.24, 2.45) is 5.73 Å². The highest BCUT2D eigenvalue weighted by Gasteiger charge is 2.19. The van der Waals surface area contributed by atoms with Gasteiger partial charge < -0.3 is 10.2 Å². The molecule has 3 aromatic rings. The lowest BCUT2D eigenvalue weighted by atomic mass is 10.2. The van der Waals surface area contributed by atoms with E-state index in [1.165, 1.54) is 11.8 Å². The summed E-state index contributed by atoms with van der Waals surface area (Å²) < 4.78 is 7.29. The molecule has 0 aliphatic carbocycles. The van der Waals surface area contributed by atoms with E-state index < -0.39 is 5.91 Å². The molecule has 0 spiro atoms. The number of thioether (sulfide) groups is 1. The summed E-state index contributed by atoms with van der Waals surface area (Å²) in [5.41, 5.74) is 8.16. The molecule has 1 amide bonds. The van der Waals surface area contributed by atoms with Crippen LogP contribution in [0.2, 0.25) is 0 Å². The Kier molecular flexibility index (Phi) is 4.20. The van der Waals surface area contributed by atoms with Gasteiger partial charge in [0.15, 0.2) is 11.0 Å². The molecule has 0 aliphatic heterocycles. The molecule has 118 valence electrons. The zero-order valence-electron chi connectivity index (χ0n) is 12.8. The van der Waals surface area contributed by atoms with Gasteiger partial charge in [-0.3, -0.25) is 9.36 Å². The molecule has 0 aliphatic rings. The summed E-state index contributed by atoms with van der Waals surface area (Å²) in [4.78, 5) is 11.1. The fourth-order valence-corrected chi connectivity index (χ4v) is 2.98. The molecule has 1 aromatic carbocycles. The van der Waals surface area contributed by atoms with Crippen LogP contribution in [-0.2, 0) is 4.79 Å². The first-order valence-electron chi connectivity index (χ1n) is 7.04. The van der Waals surface area contributed by atoms with E-state index in [2.05, 4.69) is 10.2 Å². The second-order valence-corrected chi connectivity index (χ2v) is 6.07. The third-order valence-electron chi connectivity index (χ3n) is 3.34. The molecule has 0 saturated carbocycles. The average molecular weight is 328 g/mol. The lowest BCUT2D eigenvalue weighted by molar-refractivity contribution is -0.115. The number of rotatable bonds is 5. The number of carbonyl (C=O) groups excluding carboxylic acids is 1. The van der Waals surface area contributed by atoms with Crippen molar-refractivity contribution in [2.45, 2.75) is 19.0 Å². The number of nitrogens with zero attached hydrogens (tertiary/aromatic N) is 3. The van der Waals surface area contributed by atoms with Crippen LogP contribution in [0, 0.1) is 13.8 Å². The molecule has 2 heterocycles. The van der Waals surface area contributed by atoms with Gasteiger partial charge in [0, 0.05) is 5.69 Å². The summed E-state index contributed by atoms with van der Waals surface area (Å²) in [5.74, 6) is 1.19. The van der Waals surface area contributed by atoms with Crippen LogP contribution >= 0.6 is 11.8 Å². The van der Waals surface area contributed by atoms with Crippen LogP contribution in [0.4, 0.5) is 0 Å². The van der Waals surface area contributed by atoms with Gasteiger partial charge in [-0.05, 0) is 37.6 Å². The lowest BCUT2D eigenvalue weighted by Gasteiger charge is -2.10. The molecule has 2 N–H and O–H groups in total. The standard InChI is InChI=1S/C16H16N4O2S/c1-10-4-3-5-12(8-10)20-15(13-6-7-22-11(13)2)18-19-16(20)23-9-14(17)21/h3-8H,9H2,1-2H3,(H2,17,21). The van der Waals surface area contributed by atoms with Gasteiger partial charge in [-0.2, -0.15) is 0 Å². The fourth-order valence-electron chi connectivity index (χ4n) is 2.29. The fraction of sp³-hybridized carbons (Fsp3) is 0.188. The van der Waals surface area contributed by atoms with Gasteiger partial charge in [-0.25, -0.2) is 0 Å². The molecule has 3 rings (SSSR count). The molecule has 0 radical (unpaired) electrons. The number of primary amides is 1. The molecule has 0 atom stereocenters. The van der Waals surface area contributed by atoms with Crippen molar-refractivity contribution in [3.05, 3.63) is 47.9 Å². The Morgan fingerprint density at radius 3 is 2.78 bits per heavy atom. The molecule has 2 aromatic heterocycles. The number of aromatic nitrogens is 3. The maximum absolute atomic E-state index is 11.1. The van der Waals surface area contributed by atoms with E-state index in [-0.39, 0.29) is 5.75 Å². The Hall–Kier alpha value is -2.54. The zero-order valence-corrected chi connectivity index (χ0v) is 13.6. The van der Waals surface area contributed by atoms with Gasteiger partial charge in [0.1, 0.15) is 5.76 Å². The monoisotopic (exact) mass is 328 g/mol. The third-order valence-corrected chi connectivity index (χ3v) is 4.29. The van der Waals surface area contributed by atoms with Gasteiger partial charge >= 0.3 is 0 Å². The Morgan fingerprint density at radius 1 is 1.30 bits per heavy atom. The van der Waals surface area contributed by atoms with Crippen LogP contribution in [0.5, 0.6) is 0 Å². The number of hydrogen-bond acceptors (Lipinski definition) is 5. The van der Waals surface area contributed by atoms with Crippen molar-refractivity contribution in [2.75, 3.05) is 5.75 Å². The lowest BCUT2D eigenvalue weighted by Crippen LogP contribution is -2.13. The number of carbonyl (C=O) groups is 1. The Morgan fingerprint density at radius 2 is 2.13 bits per heavy atom. The summed E-state index contributed by atoms with van der Waals surface area (Å²) >= 11 is 1.26. The summed E-state index contributed by atoms with van der Waals surface area (Å²) in [6.45, 7) is 3.90. The number of benzene rings is 1. The molecular formula is C16H16N4O2S. The van der Waals surface area contributed by atoms with Crippen molar-refractivity contribution in [3.8, 4) is 17.1 Å². The van der Waals surface area contributed by atoms with Gasteiger partial charge in [0.25, 0.3) is 0 Å². The van der Waals surface area contributed by atoms with Crippen molar-refractivity contribution in [1.82, 2.24) is 14.8 Å². The van der Waals surface area contributed by atoms with E-state index in [0.717, 1.165) is 22.6 Å². The predicted molar refractivity (Wildman–Crippen MR) is 88.5 cm³/mol. The van der Waals surface area contributed by atoms with E-state index in [9.17, 15) is 4.79 Å². The van der Waals surface area contributed by atoms with Crippen molar-refractivity contribution in [1.29, 1.82) is 0 Å². The zero-order chi connectivity index (χ0) is 16.4. The summed E-state index contributed by atoms with van der Waals surface area (Å²) in [5, 5.41) is 9.12. The first-order chi connectivity index (χ1) is 11.1. The van der Waals surface area contributed by atoms with Crippen molar-refractivity contribution >= 4 is 17.7 Å². The minimum atomic E-state index is -0.394. The summed E-state index contributed by atoms with van der Waals surface area (Å²) in [7, 11) is 0. The van der Waals surface area contributed by atoms with Crippen LogP contribution < -0.4 is 5.73 Å². The van der Waals surface area contributed by atoms with E-state index in [1.807, 2.05) is 48.7 Å². The highest BCUT2D eigenvalue weighted by atomic mass is 32.2. The Labute approximate surface area is 137 Å². The second kappa shape index (κ2) is 6.29. The normalized spacial score (nSPS) is 10.9. The summed E-state index contributed by atoms with van der Waals surface area (Å²) in [6.07, 6.45) is 1.62. The van der Waals surface area contributed by atoms with E-state index in [4.69, 9.17) is 10.2 Å². The van der Waals surface area contributed by atoms with E-state index >= 15 is 0 Å². The van der Waals surface area contributed by atoms with Crippen molar-refractivity contribution in [3.63, 3.8) is 0 Å². The highest BCUT2D eigenvalue weighted by Crippen LogP contribution is 2.30. The Bertz CT molecular complexity index is 853. The molecule has 0 fully saturated rings. The second-order valence-electron chi connectivity index (χ2n) is 5.13. The third kappa shape index (κ3) is 3.14. The van der Waals surface area contributed by atoms with Crippen LogP contribution in [0.15, 0.2) is 46.2 Å². The number of amides is 1. The van der Waals surface area contributed by atoms with E-state index in [1.54, 1.807) is 6.26 Å². The molecule has 7 heteroatoms. The number of nitrogens with two attached hydrogens (primary N) is 1. The molecule has 0 saturated heterocycles.